The first-order chi connectivity index (χ1) is 14.0. The van der Waals surface area contributed by atoms with Crippen LogP contribution in [-0.4, -0.2) is 18.5 Å². The van der Waals surface area contributed by atoms with E-state index in [1.807, 2.05) is 35.7 Å². The van der Waals surface area contributed by atoms with Gasteiger partial charge in [0.15, 0.2) is 0 Å². The molecule has 1 heterocycles. The number of hydrogen-bond donors (Lipinski definition) is 1. The molecule has 0 bridgehead atoms. The van der Waals surface area contributed by atoms with Crippen molar-refractivity contribution in [3.8, 4) is 11.1 Å². The largest absolute Gasteiger partial charge is 0.462 e. The molecule has 0 aliphatic heterocycles. The summed E-state index contributed by atoms with van der Waals surface area (Å²) in [4.78, 5) is 25.0. The summed E-state index contributed by atoms with van der Waals surface area (Å²) in [5, 5.41) is 5.88. The van der Waals surface area contributed by atoms with Crippen molar-refractivity contribution in [2.24, 2.45) is 0 Å². The first-order valence-electron chi connectivity index (χ1n) is 8.78. The van der Waals surface area contributed by atoms with E-state index in [4.69, 9.17) is 27.9 Å². The highest BCUT2D eigenvalue weighted by atomic mass is 35.5. The molecule has 3 rings (SSSR count). The molecule has 2 aromatic carbocycles. The van der Waals surface area contributed by atoms with Crippen molar-refractivity contribution in [3.05, 3.63) is 81.2 Å². The fourth-order valence-electron chi connectivity index (χ4n) is 2.67. The van der Waals surface area contributed by atoms with E-state index >= 15 is 0 Å². The number of benzene rings is 2. The predicted octanol–water partition coefficient (Wildman–Crippen LogP) is 6.55. The molecule has 0 atom stereocenters. The molecule has 1 aromatic heterocycles. The van der Waals surface area contributed by atoms with Crippen LogP contribution in [-0.2, 0) is 9.53 Å². The van der Waals surface area contributed by atoms with E-state index in [9.17, 15) is 9.59 Å². The van der Waals surface area contributed by atoms with E-state index in [2.05, 4.69) is 5.32 Å². The zero-order valence-corrected chi connectivity index (χ0v) is 17.8. The number of halogens is 2. The van der Waals surface area contributed by atoms with Crippen molar-refractivity contribution < 1.29 is 14.3 Å². The summed E-state index contributed by atoms with van der Waals surface area (Å²) in [6, 6.07) is 14.6. The number of amides is 1. The molecular formula is C22H17Cl2NO3S. The van der Waals surface area contributed by atoms with Gasteiger partial charge >= 0.3 is 5.97 Å². The number of ether oxygens (including phenoxy) is 1. The van der Waals surface area contributed by atoms with Crippen molar-refractivity contribution in [3.63, 3.8) is 0 Å². The second kappa shape index (κ2) is 9.74. The van der Waals surface area contributed by atoms with Gasteiger partial charge in [0.05, 0.1) is 6.61 Å². The maximum absolute atomic E-state index is 12.6. The van der Waals surface area contributed by atoms with Gasteiger partial charge in [0.1, 0.15) is 10.6 Å². The van der Waals surface area contributed by atoms with E-state index in [-0.39, 0.29) is 6.61 Å². The second-order valence-electron chi connectivity index (χ2n) is 5.90. The third kappa shape index (κ3) is 5.07. The summed E-state index contributed by atoms with van der Waals surface area (Å²) in [7, 11) is 0. The molecule has 0 saturated heterocycles. The van der Waals surface area contributed by atoms with Crippen LogP contribution in [0.2, 0.25) is 10.0 Å². The highest BCUT2D eigenvalue weighted by Crippen LogP contribution is 2.36. The Labute approximate surface area is 182 Å². The maximum Gasteiger partial charge on any atom is 0.341 e. The average Bonchev–Trinajstić information content (AvgIpc) is 3.12. The van der Waals surface area contributed by atoms with Crippen LogP contribution in [0, 0.1) is 0 Å². The molecule has 3 aromatic rings. The van der Waals surface area contributed by atoms with Crippen molar-refractivity contribution in [1.29, 1.82) is 0 Å². The van der Waals surface area contributed by atoms with E-state index in [1.165, 1.54) is 23.5 Å². The number of esters is 1. The first kappa shape index (κ1) is 21.1. The summed E-state index contributed by atoms with van der Waals surface area (Å²) >= 11 is 13.5. The molecule has 1 N–H and O–H groups in total. The van der Waals surface area contributed by atoms with E-state index < -0.39 is 11.9 Å². The van der Waals surface area contributed by atoms with Gasteiger partial charge in [-0.3, -0.25) is 4.79 Å². The van der Waals surface area contributed by atoms with Crippen molar-refractivity contribution in [2.45, 2.75) is 6.92 Å². The monoisotopic (exact) mass is 445 g/mol. The van der Waals surface area contributed by atoms with Crippen LogP contribution in [0.3, 0.4) is 0 Å². The maximum atomic E-state index is 12.6. The summed E-state index contributed by atoms with van der Waals surface area (Å²) in [6.07, 6.45) is 2.86. The minimum Gasteiger partial charge on any atom is -0.462 e. The lowest BCUT2D eigenvalue weighted by Gasteiger charge is -2.08. The number of rotatable bonds is 6. The minimum atomic E-state index is -0.485. The zero-order valence-electron chi connectivity index (χ0n) is 15.4. The average molecular weight is 446 g/mol. The van der Waals surface area contributed by atoms with E-state index in [0.717, 1.165) is 5.56 Å². The van der Waals surface area contributed by atoms with Gasteiger partial charge in [-0.1, -0.05) is 59.6 Å². The van der Waals surface area contributed by atoms with Gasteiger partial charge in [0.2, 0.25) is 5.91 Å². The van der Waals surface area contributed by atoms with Crippen LogP contribution in [0.15, 0.2) is 60.0 Å². The Bertz CT molecular complexity index is 1040. The highest BCUT2D eigenvalue weighted by molar-refractivity contribution is 7.15. The Morgan fingerprint density at radius 2 is 1.76 bits per heavy atom. The lowest BCUT2D eigenvalue weighted by molar-refractivity contribution is -0.111. The third-order valence-corrected chi connectivity index (χ3v) is 5.55. The quantitative estimate of drug-likeness (QED) is 0.345. The van der Waals surface area contributed by atoms with Crippen LogP contribution in [0.4, 0.5) is 5.00 Å². The van der Waals surface area contributed by atoms with E-state index in [0.29, 0.717) is 31.7 Å². The van der Waals surface area contributed by atoms with Crippen LogP contribution in [0.1, 0.15) is 22.8 Å². The summed E-state index contributed by atoms with van der Waals surface area (Å²) in [5.41, 5.74) is 2.46. The van der Waals surface area contributed by atoms with E-state index in [1.54, 1.807) is 25.1 Å². The molecule has 0 radical (unpaired) electrons. The first-order valence-corrected chi connectivity index (χ1v) is 10.4. The molecular weight excluding hydrogens is 429 g/mol. The van der Waals surface area contributed by atoms with Gasteiger partial charge in [0.25, 0.3) is 0 Å². The van der Waals surface area contributed by atoms with Crippen LogP contribution >= 0.6 is 34.5 Å². The Hall–Kier alpha value is -2.60. The number of thiophene rings is 1. The molecule has 0 aliphatic carbocycles. The molecule has 0 aliphatic rings. The highest BCUT2D eigenvalue weighted by Gasteiger charge is 2.22. The van der Waals surface area contributed by atoms with Gasteiger partial charge < -0.3 is 10.1 Å². The topological polar surface area (TPSA) is 55.4 Å². The second-order valence-corrected chi connectivity index (χ2v) is 7.59. The summed E-state index contributed by atoms with van der Waals surface area (Å²) in [5.74, 6) is -0.894. The van der Waals surface area contributed by atoms with Crippen molar-refractivity contribution in [2.75, 3.05) is 11.9 Å². The van der Waals surface area contributed by atoms with Crippen molar-refractivity contribution in [1.82, 2.24) is 0 Å². The zero-order chi connectivity index (χ0) is 20.8. The van der Waals surface area contributed by atoms with Gasteiger partial charge in [0, 0.05) is 32.6 Å². The predicted molar refractivity (Wildman–Crippen MR) is 120 cm³/mol. The Morgan fingerprint density at radius 1 is 1.07 bits per heavy atom. The molecule has 7 heteroatoms. The van der Waals surface area contributed by atoms with Gasteiger partial charge in [-0.2, -0.15) is 0 Å². The number of hydrogen-bond acceptors (Lipinski definition) is 4. The molecule has 0 fully saturated rings. The van der Waals surface area contributed by atoms with Gasteiger partial charge in [-0.05, 0) is 30.7 Å². The number of carbonyl (C=O) groups excluding carboxylic acids is 2. The molecule has 0 unspecified atom stereocenters. The summed E-state index contributed by atoms with van der Waals surface area (Å²) in [6.45, 7) is 1.97. The summed E-state index contributed by atoms with van der Waals surface area (Å²) < 4.78 is 5.19. The number of carbonyl (C=O) groups is 2. The molecule has 1 amide bonds. The Balaban J connectivity index is 1.88. The smallest absolute Gasteiger partial charge is 0.341 e. The Morgan fingerprint density at radius 3 is 2.41 bits per heavy atom. The normalized spacial score (nSPS) is 10.9. The van der Waals surface area contributed by atoms with Gasteiger partial charge in [-0.15, -0.1) is 11.3 Å². The molecule has 29 heavy (non-hydrogen) atoms. The fraction of sp³-hybridized carbons (Fsp3) is 0.0909. The minimum absolute atomic E-state index is 0.237. The Kier molecular flexibility index (Phi) is 7.09. The molecule has 0 saturated carbocycles. The molecule has 0 spiro atoms. The standard InChI is InChI=1S/C22H17Cl2NO3S/c1-2-28-22(27)20-16(14-7-4-3-5-8-14)13-29-21(20)25-19(26)12-11-15-17(23)9-6-10-18(15)24/h3-13H,2H2,1H3,(H,25,26)/b12-11+. The van der Waals surface area contributed by atoms with Crippen molar-refractivity contribution >= 4 is 57.5 Å². The number of anilines is 1. The lowest BCUT2D eigenvalue weighted by atomic mass is 10.0. The van der Waals surface area contributed by atoms with Crippen LogP contribution < -0.4 is 5.32 Å². The van der Waals surface area contributed by atoms with Crippen LogP contribution in [0.25, 0.3) is 17.2 Å². The molecule has 4 nitrogen and oxygen atoms in total. The molecule has 148 valence electrons. The SMILES string of the molecule is CCOC(=O)c1c(-c2ccccc2)csc1NC(=O)/C=C/c1c(Cl)cccc1Cl. The fourth-order valence-corrected chi connectivity index (χ4v) is 4.15. The lowest BCUT2D eigenvalue weighted by Crippen LogP contribution is -2.12. The van der Waals surface area contributed by atoms with Crippen LogP contribution in [0.5, 0.6) is 0 Å². The third-order valence-electron chi connectivity index (χ3n) is 3.99. The van der Waals surface area contributed by atoms with Gasteiger partial charge in [-0.25, -0.2) is 4.79 Å². The number of nitrogens with one attached hydrogen (secondary N) is 1.